The number of rotatable bonds is 4. The number of benzene rings is 2. The van der Waals surface area contributed by atoms with Gasteiger partial charge in [0.2, 0.25) is 5.91 Å². The fourth-order valence-electron chi connectivity index (χ4n) is 6.60. The predicted octanol–water partition coefficient (Wildman–Crippen LogP) is 4.76. The average molecular weight is 652 g/mol. The van der Waals surface area contributed by atoms with E-state index in [1.165, 1.54) is 17.0 Å². The number of carbonyl (C=O) groups is 1. The van der Waals surface area contributed by atoms with Crippen LogP contribution < -0.4 is 10.6 Å². The van der Waals surface area contributed by atoms with E-state index in [0.29, 0.717) is 11.3 Å². The molecule has 13 heteroatoms. The Bertz CT molecular complexity index is 2100. The van der Waals surface area contributed by atoms with Gasteiger partial charge in [-0.1, -0.05) is 50.2 Å². The van der Waals surface area contributed by atoms with Crippen LogP contribution in [0.3, 0.4) is 0 Å². The summed E-state index contributed by atoms with van der Waals surface area (Å²) in [6, 6.07) is 6.19. The summed E-state index contributed by atoms with van der Waals surface area (Å²) in [7, 11) is -4.33. The Morgan fingerprint density at radius 2 is 1.93 bits per heavy atom. The van der Waals surface area contributed by atoms with Crippen LogP contribution in [0, 0.1) is 12.7 Å². The van der Waals surface area contributed by atoms with Crippen molar-refractivity contribution in [1.82, 2.24) is 19.4 Å². The number of anilines is 1. The van der Waals surface area contributed by atoms with Crippen LogP contribution in [-0.4, -0.2) is 69.8 Å². The van der Waals surface area contributed by atoms with E-state index in [1.54, 1.807) is 43.1 Å². The molecule has 1 saturated heterocycles. The fraction of sp³-hybridized carbons (Fsp3) is 0.312. The molecule has 0 aliphatic carbocycles. The molecule has 2 unspecified atom stereocenters. The summed E-state index contributed by atoms with van der Waals surface area (Å²) in [5, 5.41) is 10.2. The Hall–Kier alpha value is -4.29. The van der Waals surface area contributed by atoms with Crippen LogP contribution in [0.5, 0.6) is 5.75 Å². The molecule has 2 aliphatic heterocycles. The molecule has 1 fully saturated rings. The monoisotopic (exact) mass is 651 g/mol. The SMILES string of the molecule is C=CC(=O)N1CC(C)N2c3nc(=O)n(-c4c(C)ccnc4C(C)C)c4c(F)c(-c5ccccc5O)c(Cl)c(c34)S(=O)(=O)CC2C1. The molecule has 1 N–H and O–H groups in total. The highest BCUT2D eigenvalue weighted by molar-refractivity contribution is 7.91. The van der Waals surface area contributed by atoms with Crippen LogP contribution in [0.25, 0.3) is 27.7 Å². The van der Waals surface area contributed by atoms with Crippen molar-refractivity contribution in [3.63, 3.8) is 0 Å². The van der Waals surface area contributed by atoms with E-state index in [4.69, 9.17) is 11.6 Å². The van der Waals surface area contributed by atoms with Gasteiger partial charge >= 0.3 is 5.69 Å². The number of amides is 1. The van der Waals surface area contributed by atoms with E-state index in [0.717, 1.165) is 10.6 Å². The van der Waals surface area contributed by atoms with Gasteiger partial charge in [0.25, 0.3) is 0 Å². The number of piperazine rings is 1. The number of aryl methyl sites for hydroxylation is 1. The largest absolute Gasteiger partial charge is 0.507 e. The van der Waals surface area contributed by atoms with E-state index in [9.17, 15) is 23.1 Å². The maximum atomic E-state index is 17.3. The van der Waals surface area contributed by atoms with Crippen molar-refractivity contribution < 1.29 is 22.7 Å². The van der Waals surface area contributed by atoms with Crippen LogP contribution in [-0.2, 0) is 14.6 Å². The lowest BCUT2D eigenvalue weighted by Crippen LogP contribution is -2.61. The second kappa shape index (κ2) is 11.0. The van der Waals surface area contributed by atoms with E-state index in [2.05, 4.69) is 16.5 Å². The molecule has 234 valence electrons. The Balaban J connectivity index is 1.84. The highest BCUT2D eigenvalue weighted by atomic mass is 35.5. The molecule has 4 aromatic rings. The zero-order chi connectivity index (χ0) is 32.5. The molecule has 0 bridgehead atoms. The molecule has 2 aromatic heterocycles. The minimum Gasteiger partial charge on any atom is -0.507 e. The van der Waals surface area contributed by atoms with Gasteiger partial charge in [0.15, 0.2) is 15.7 Å². The van der Waals surface area contributed by atoms with Crippen molar-refractivity contribution in [2.75, 3.05) is 23.7 Å². The number of nitrogens with zero attached hydrogens (tertiary/aromatic N) is 5. The highest BCUT2D eigenvalue weighted by Crippen LogP contribution is 2.49. The maximum absolute atomic E-state index is 17.3. The fourth-order valence-corrected chi connectivity index (χ4v) is 9.05. The smallest absolute Gasteiger partial charge is 0.354 e. The van der Waals surface area contributed by atoms with Gasteiger partial charge in [-0.15, -0.1) is 0 Å². The molecule has 0 radical (unpaired) electrons. The average Bonchev–Trinajstić information content (AvgIpc) is 3.07. The summed E-state index contributed by atoms with van der Waals surface area (Å²) in [6.45, 7) is 11.0. The predicted molar refractivity (Wildman–Crippen MR) is 171 cm³/mol. The van der Waals surface area contributed by atoms with Gasteiger partial charge in [0.1, 0.15) is 11.6 Å². The Morgan fingerprint density at radius 1 is 1.22 bits per heavy atom. The standard InChI is InChI=1S/C32H31ClFN5O5S/c1-6-22(41)37-13-18(5)38-19(14-37)15-45(43,44)30-24-29(26(34)23(25(30)33)20-9-7-8-10-21(20)40)39(32(42)36-31(24)38)28-17(4)11-12-35-27(28)16(2)3/h6-12,16,18-19,40H,1,13-15H2,2-5H3. The lowest BCUT2D eigenvalue weighted by molar-refractivity contribution is -0.127. The topological polar surface area (TPSA) is 126 Å². The van der Waals surface area contributed by atoms with Gasteiger partial charge in [-0.05, 0) is 43.5 Å². The van der Waals surface area contributed by atoms with Gasteiger partial charge in [-0.2, -0.15) is 4.98 Å². The second-order valence-corrected chi connectivity index (χ2v) is 14.1. The molecular weight excluding hydrogens is 621 g/mol. The number of phenolic OH excluding ortho intramolecular Hbond substituents is 1. The van der Waals surface area contributed by atoms with Crippen molar-refractivity contribution in [2.24, 2.45) is 0 Å². The first kappa shape index (κ1) is 30.7. The number of hydrogen-bond donors (Lipinski definition) is 1. The summed E-state index contributed by atoms with van der Waals surface area (Å²) < 4.78 is 47.3. The van der Waals surface area contributed by atoms with Gasteiger partial charge in [-0.3, -0.25) is 14.3 Å². The third-order valence-corrected chi connectivity index (χ3v) is 10.8. The van der Waals surface area contributed by atoms with Gasteiger partial charge in [0, 0.05) is 36.5 Å². The number of sulfone groups is 1. The van der Waals surface area contributed by atoms with E-state index < -0.39 is 49.1 Å². The lowest BCUT2D eigenvalue weighted by atomic mass is 9.99. The van der Waals surface area contributed by atoms with E-state index in [1.807, 2.05) is 13.8 Å². The molecule has 0 spiro atoms. The first-order chi connectivity index (χ1) is 21.3. The first-order valence-corrected chi connectivity index (χ1v) is 16.5. The van der Waals surface area contributed by atoms with E-state index >= 15 is 4.39 Å². The Labute approximate surface area is 264 Å². The molecule has 0 saturated carbocycles. The number of aromatic hydroxyl groups is 1. The van der Waals surface area contributed by atoms with Gasteiger partial charge < -0.3 is 14.9 Å². The third kappa shape index (κ3) is 4.69. The molecular formula is C32H31ClFN5O5S. The zero-order valence-corrected chi connectivity index (χ0v) is 26.7. The van der Waals surface area contributed by atoms with Crippen LogP contribution in [0.2, 0.25) is 5.02 Å². The minimum absolute atomic E-state index is 0.000310. The summed E-state index contributed by atoms with van der Waals surface area (Å²) in [5.41, 5.74) is -0.256. The Kier molecular flexibility index (Phi) is 7.48. The van der Waals surface area contributed by atoms with Crippen LogP contribution in [0.1, 0.15) is 37.9 Å². The lowest BCUT2D eigenvalue weighted by Gasteiger charge is -2.45. The maximum Gasteiger partial charge on any atom is 0.354 e. The second-order valence-electron chi connectivity index (χ2n) is 11.8. The number of phenols is 1. The number of carbonyl (C=O) groups excluding carboxylic acids is 1. The molecule has 4 heterocycles. The highest BCUT2D eigenvalue weighted by Gasteiger charge is 2.45. The van der Waals surface area contributed by atoms with Crippen molar-refractivity contribution in [3.05, 3.63) is 81.8 Å². The van der Waals surface area contributed by atoms with Crippen LogP contribution >= 0.6 is 11.6 Å². The molecule has 2 atom stereocenters. The summed E-state index contributed by atoms with van der Waals surface area (Å²) in [5.74, 6) is -2.43. The number of aromatic nitrogens is 3. The normalized spacial score (nSPS) is 19.0. The van der Waals surface area contributed by atoms with Crippen LogP contribution in [0.15, 0.2) is 58.9 Å². The summed E-state index contributed by atoms with van der Waals surface area (Å²) in [4.78, 5) is 38.6. The molecule has 45 heavy (non-hydrogen) atoms. The van der Waals surface area contributed by atoms with Gasteiger partial charge in [-0.25, -0.2) is 17.6 Å². The molecule has 10 nitrogen and oxygen atoms in total. The van der Waals surface area contributed by atoms with E-state index in [-0.39, 0.29) is 64.2 Å². The van der Waals surface area contributed by atoms with Crippen molar-refractivity contribution in [3.8, 4) is 22.6 Å². The number of halogens is 2. The Morgan fingerprint density at radius 3 is 2.60 bits per heavy atom. The quantitative estimate of drug-likeness (QED) is 0.247. The number of para-hydroxylation sites is 1. The van der Waals surface area contributed by atoms with Crippen molar-refractivity contribution >= 4 is 44.1 Å². The molecule has 2 aliphatic rings. The molecule has 6 rings (SSSR count). The van der Waals surface area contributed by atoms with Crippen LogP contribution in [0.4, 0.5) is 10.2 Å². The number of hydrogen-bond acceptors (Lipinski definition) is 8. The first-order valence-electron chi connectivity index (χ1n) is 14.4. The molecule has 2 aromatic carbocycles. The van der Waals surface area contributed by atoms with Crippen molar-refractivity contribution in [1.29, 1.82) is 0 Å². The van der Waals surface area contributed by atoms with Crippen molar-refractivity contribution in [2.45, 2.75) is 50.6 Å². The zero-order valence-electron chi connectivity index (χ0n) is 25.1. The summed E-state index contributed by atoms with van der Waals surface area (Å²) in [6.07, 6.45) is 2.75. The summed E-state index contributed by atoms with van der Waals surface area (Å²) >= 11 is 6.90. The third-order valence-electron chi connectivity index (χ3n) is 8.49. The van der Waals surface area contributed by atoms with Gasteiger partial charge in [0.05, 0.1) is 44.0 Å². The number of fused-ring (bicyclic) bond motifs is 2. The number of pyridine rings is 1. The molecule has 1 amide bonds. The minimum atomic E-state index is -4.33.